The van der Waals surface area contributed by atoms with Crippen molar-refractivity contribution in [3.63, 3.8) is 0 Å². The summed E-state index contributed by atoms with van der Waals surface area (Å²) < 4.78 is 34.4. The summed E-state index contributed by atoms with van der Waals surface area (Å²) in [5, 5.41) is 0. The Morgan fingerprint density at radius 2 is 2.19 bits per heavy atom. The van der Waals surface area contributed by atoms with Gasteiger partial charge >= 0.3 is 0 Å². The molecular weight excluding hydrogens is 298 g/mol. The van der Waals surface area contributed by atoms with Crippen molar-refractivity contribution >= 4 is 22.6 Å². The van der Waals surface area contributed by atoms with Gasteiger partial charge in [0.15, 0.2) is 5.82 Å². The highest BCUT2D eigenvalue weighted by Gasteiger charge is 2.19. The van der Waals surface area contributed by atoms with Crippen LogP contribution in [0.15, 0.2) is 34.9 Å². The second kappa shape index (κ2) is 5.48. The molecule has 0 aliphatic rings. The summed E-state index contributed by atoms with van der Waals surface area (Å²) in [6.45, 7) is 1.93. The van der Waals surface area contributed by atoms with Crippen LogP contribution in [0.5, 0.6) is 0 Å². The third-order valence-corrected chi connectivity index (χ3v) is 3.66. The number of hydrogen-bond donors (Lipinski definition) is 0. The van der Waals surface area contributed by atoms with Crippen molar-refractivity contribution in [1.82, 2.24) is 9.55 Å². The number of benzene rings is 1. The molecule has 21 heavy (non-hydrogen) atoms. The maximum atomic E-state index is 13.8. The van der Waals surface area contributed by atoms with Gasteiger partial charge in [-0.05, 0) is 25.1 Å². The summed E-state index contributed by atoms with van der Waals surface area (Å²) in [5.74, 6) is 0.114. The minimum absolute atomic E-state index is 0.0869. The maximum absolute atomic E-state index is 13.8. The summed E-state index contributed by atoms with van der Waals surface area (Å²) in [7, 11) is 0. The van der Waals surface area contributed by atoms with Gasteiger partial charge < -0.3 is 8.98 Å². The fourth-order valence-corrected chi connectivity index (χ4v) is 2.75. The van der Waals surface area contributed by atoms with Crippen LogP contribution < -0.4 is 0 Å². The van der Waals surface area contributed by atoms with Gasteiger partial charge in [-0.1, -0.05) is 0 Å². The molecule has 0 spiro atoms. The van der Waals surface area contributed by atoms with Crippen LogP contribution in [0.3, 0.4) is 0 Å². The Labute approximate surface area is 125 Å². The molecule has 0 bridgehead atoms. The summed E-state index contributed by atoms with van der Waals surface area (Å²) in [5.41, 5.74) is 0.542. The smallest absolute Gasteiger partial charge is 0.153 e. The first-order chi connectivity index (χ1) is 10.1. The summed E-state index contributed by atoms with van der Waals surface area (Å²) in [6, 6.07) is 5.68. The van der Waals surface area contributed by atoms with Gasteiger partial charge in [-0.3, -0.25) is 0 Å². The molecule has 110 valence electrons. The van der Waals surface area contributed by atoms with Gasteiger partial charge in [0.25, 0.3) is 0 Å². The fourth-order valence-electron chi connectivity index (χ4n) is 2.57. The topological polar surface area (TPSA) is 31.0 Å². The number of hydrogen-bond acceptors (Lipinski definition) is 2. The zero-order valence-corrected chi connectivity index (χ0v) is 12.1. The zero-order valence-electron chi connectivity index (χ0n) is 11.3. The van der Waals surface area contributed by atoms with Gasteiger partial charge in [0.05, 0.1) is 17.7 Å². The summed E-state index contributed by atoms with van der Waals surface area (Å²) in [4.78, 5) is 4.18. The van der Waals surface area contributed by atoms with E-state index in [1.807, 2.05) is 13.0 Å². The van der Waals surface area contributed by atoms with E-state index in [1.165, 1.54) is 6.07 Å². The lowest BCUT2D eigenvalue weighted by Gasteiger charge is -2.16. The SMILES string of the molecule is CC(Cc1ccco1)n1c(CCl)nc2c(F)cc(F)cc21. The van der Waals surface area contributed by atoms with Gasteiger partial charge in [0.2, 0.25) is 0 Å². The molecule has 0 aliphatic carbocycles. The van der Waals surface area contributed by atoms with Crippen LogP contribution >= 0.6 is 11.6 Å². The van der Waals surface area contributed by atoms with E-state index in [4.69, 9.17) is 16.0 Å². The minimum atomic E-state index is -0.680. The second-order valence-electron chi connectivity index (χ2n) is 4.92. The van der Waals surface area contributed by atoms with Gasteiger partial charge in [-0.2, -0.15) is 0 Å². The van der Waals surface area contributed by atoms with Crippen molar-refractivity contribution in [2.75, 3.05) is 0 Å². The molecule has 0 saturated heterocycles. The molecule has 0 amide bonds. The third kappa shape index (κ3) is 2.53. The first-order valence-corrected chi connectivity index (χ1v) is 7.07. The summed E-state index contributed by atoms with van der Waals surface area (Å²) in [6.07, 6.45) is 2.18. The molecule has 0 fully saturated rings. The van der Waals surface area contributed by atoms with Crippen molar-refractivity contribution in [2.24, 2.45) is 0 Å². The normalized spacial score (nSPS) is 13.0. The molecule has 0 N–H and O–H groups in total. The number of halogens is 3. The highest BCUT2D eigenvalue weighted by Crippen LogP contribution is 2.27. The Balaban J connectivity index is 2.11. The molecule has 1 aromatic carbocycles. The van der Waals surface area contributed by atoms with E-state index in [1.54, 1.807) is 16.9 Å². The molecule has 3 nitrogen and oxygen atoms in total. The molecule has 1 unspecified atom stereocenters. The number of alkyl halides is 1. The standard InChI is InChI=1S/C15H13ClF2N2O/c1-9(5-11-3-2-4-21-11)20-13-7-10(17)6-12(18)15(13)19-14(20)8-16/h2-4,6-7,9H,5,8H2,1H3. The first kappa shape index (κ1) is 14.1. The number of furan rings is 1. The average molecular weight is 311 g/mol. The van der Waals surface area contributed by atoms with E-state index < -0.39 is 11.6 Å². The Kier molecular flexibility index (Phi) is 3.68. The fraction of sp³-hybridized carbons (Fsp3) is 0.267. The highest BCUT2D eigenvalue weighted by molar-refractivity contribution is 6.16. The zero-order chi connectivity index (χ0) is 15.0. The van der Waals surface area contributed by atoms with Crippen LogP contribution in [-0.2, 0) is 12.3 Å². The monoisotopic (exact) mass is 310 g/mol. The first-order valence-electron chi connectivity index (χ1n) is 6.54. The lowest BCUT2D eigenvalue weighted by atomic mass is 10.2. The Hall–Kier alpha value is -1.88. The van der Waals surface area contributed by atoms with Gasteiger partial charge in [0, 0.05) is 18.5 Å². The van der Waals surface area contributed by atoms with Gasteiger partial charge in [-0.25, -0.2) is 13.8 Å². The highest BCUT2D eigenvalue weighted by atomic mass is 35.5. The quantitative estimate of drug-likeness (QED) is 0.667. The van der Waals surface area contributed by atoms with Gasteiger partial charge in [0.1, 0.15) is 22.9 Å². The van der Waals surface area contributed by atoms with E-state index in [0.29, 0.717) is 17.8 Å². The lowest BCUT2D eigenvalue weighted by Crippen LogP contribution is -2.11. The number of nitrogens with zero attached hydrogens (tertiary/aromatic N) is 2. The van der Waals surface area contributed by atoms with Crippen molar-refractivity contribution in [3.05, 3.63) is 53.7 Å². The molecule has 6 heteroatoms. The van der Waals surface area contributed by atoms with Crippen molar-refractivity contribution in [2.45, 2.75) is 25.3 Å². The minimum Gasteiger partial charge on any atom is -0.469 e. The average Bonchev–Trinajstić information content (AvgIpc) is 3.05. The largest absolute Gasteiger partial charge is 0.469 e. The Bertz CT molecular complexity index is 768. The molecule has 2 aromatic heterocycles. The predicted molar refractivity (Wildman–Crippen MR) is 76.3 cm³/mol. The molecular formula is C15H13ClF2N2O. The molecule has 0 aliphatic heterocycles. The molecule has 2 heterocycles. The van der Waals surface area contributed by atoms with Crippen LogP contribution in [-0.4, -0.2) is 9.55 Å². The second-order valence-corrected chi connectivity index (χ2v) is 5.19. The number of rotatable bonds is 4. The predicted octanol–water partition coefficient (Wildman–Crippen LogP) is 4.45. The molecule has 1 atom stereocenters. The lowest BCUT2D eigenvalue weighted by molar-refractivity contribution is 0.449. The van der Waals surface area contributed by atoms with Crippen molar-refractivity contribution in [3.8, 4) is 0 Å². The molecule has 0 radical (unpaired) electrons. The van der Waals surface area contributed by atoms with Crippen LogP contribution in [0.1, 0.15) is 24.6 Å². The van der Waals surface area contributed by atoms with E-state index in [2.05, 4.69) is 4.98 Å². The third-order valence-electron chi connectivity index (χ3n) is 3.42. The van der Waals surface area contributed by atoms with E-state index >= 15 is 0 Å². The maximum Gasteiger partial charge on any atom is 0.153 e. The van der Waals surface area contributed by atoms with E-state index in [-0.39, 0.29) is 17.4 Å². The number of aromatic nitrogens is 2. The molecule has 0 saturated carbocycles. The molecule has 3 aromatic rings. The van der Waals surface area contributed by atoms with Gasteiger partial charge in [-0.15, -0.1) is 11.6 Å². The van der Waals surface area contributed by atoms with Crippen molar-refractivity contribution in [1.29, 1.82) is 0 Å². The van der Waals surface area contributed by atoms with Crippen molar-refractivity contribution < 1.29 is 13.2 Å². The van der Waals surface area contributed by atoms with E-state index in [0.717, 1.165) is 11.8 Å². The number of imidazole rings is 1. The van der Waals surface area contributed by atoms with Crippen LogP contribution in [0, 0.1) is 11.6 Å². The van der Waals surface area contributed by atoms with Crippen LogP contribution in [0.4, 0.5) is 8.78 Å². The van der Waals surface area contributed by atoms with Crippen LogP contribution in [0.2, 0.25) is 0 Å². The van der Waals surface area contributed by atoms with E-state index in [9.17, 15) is 8.78 Å². The Morgan fingerprint density at radius 3 is 2.86 bits per heavy atom. The summed E-state index contributed by atoms with van der Waals surface area (Å²) >= 11 is 5.90. The van der Waals surface area contributed by atoms with Crippen LogP contribution in [0.25, 0.3) is 11.0 Å². The molecule has 3 rings (SSSR count). The Morgan fingerprint density at radius 1 is 1.38 bits per heavy atom. The number of fused-ring (bicyclic) bond motifs is 1.